The maximum absolute atomic E-state index is 12.4. The molecule has 3 nitrogen and oxygen atoms in total. The lowest BCUT2D eigenvalue weighted by molar-refractivity contribution is -0.145. The molecule has 0 aromatic heterocycles. The number of halogens is 1. The van der Waals surface area contributed by atoms with Crippen molar-refractivity contribution >= 4 is 5.97 Å². The number of aliphatic carboxylic acids is 1. The molecule has 2 unspecified atom stereocenters. The minimum atomic E-state index is -1.82. The van der Waals surface area contributed by atoms with Gasteiger partial charge in [0.15, 0.2) is 0 Å². The highest BCUT2D eigenvalue weighted by atomic mass is 19.1. The van der Waals surface area contributed by atoms with Crippen molar-refractivity contribution in [1.82, 2.24) is 0 Å². The minimum absolute atomic E-state index is 0.132. The van der Waals surface area contributed by atoms with Crippen LogP contribution in [-0.2, 0) is 9.53 Å². The van der Waals surface area contributed by atoms with Crippen LogP contribution in [0.3, 0.4) is 0 Å². The molecule has 0 amide bonds. The second-order valence-corrected chi connectivity index (χ2v) is 2.17. The second kappa shape index (κ2) is 4.22. The van der Waals surface area contributed by atoms with E-state index in [1.807, 2.05) is 0 Å². The lowest BCUT2D eigenvalue weighted by Gasteiger charge is -2.10. The number of ether oxygens (including phenoxy) is 1. The van der Waals surface area contributed by atoms with Gasteiger partial charge in [0.1, 0.15) is 0 Å². The molecule has 0 aromatic carbocycles. The molecule has 10 heavy (non-hydrogen) atoms. The molecule has 0 aromatic rings. The normalized spacial score (nSPS) is 16.3. The van der Waals surface area contributed by atoms with Gasteiger partial charge >= 0.3 is 5.97 Å². The molecule has 0 saturated heterocycles. The number of carbonyl (C=O) groups is 1. The minimum Gasteiger partial charge on any atom is -0.479 e. The standard InChI is InChI=1S/C6H11FO3/c1-4(3-10-2)5(7)6(8)9/h4-5H,3H2,1-2H3,(H,8,9). The van der Waals surface area contributed by atoms with Gasteiger partial charge in [-0.1, -0.05) is 6.92 Å². The molecule has 60 valence electrons. The second-order valence-electron chi connectivity index (χ2n) is 2.17. The number of hydrogen-bond donors (Lipinski definition) is 1. The first kappa shape index (κ1) is 9.36. The van der Waals surface area contributed by atoms with E-state index in [4.69, 9.17) is 5.11 Å². The molecule has 0 heterocycles. The number of methoxy groups -OCH3 is 1. The van der Waals surface area contributed by atoms with Crippen LogP contribution in [0.2, 0.25) is 0 Å². The molecule has 0 saturated carbocycles. The zero-order valence-electron chi connectivity index (χ0n) is 6.00. The third-order valence-corrected chi connectivity index (χ3v) is 1.17. The van der Waals surface area contributed by atoms with E-state index in [-0.39, 0.29) is 6.61 Å². The fourth-order valence-corrected chi connectivity index (χ4v) is 0.591. The molecule has 4 heteroatoms. The van der Waals surface area contributed by atoms with E-state index in [1.54, 1.807) is 0 Å². The highest BCUT2D eigenvalue weighted by Crippen LogP contribution is 2.07. The molecule has 2 atom stereocenters. The summed E-state index contributed by atoms with van der Waals surface area (Å²) in [5, 5.41) is 8.15. The van der Waals surface area contributed by atoms with Gasteiger partial charge in [-0.15, -0.1) is 0 Å². The fraction of sp³-hybridized carbons (Fsp3) is 0.833. The van der Waals surface area contributed by atoms with Gasteiger partial charge in [-0.05, 0) is 0 Å². The van der Waals surface area contributed by atoms with Crippen LogP contribution < -0.4 is 0 Å². The van der Waals surface area contributed by atoms with Crippen LogP contribution in [0.5, 0.6) is 0 Å². The zero-order valence-corrected chi connectivity index (χ0v) is 6.00. The van der Waals surface area contributed by atoms with Crippen molar-refractivity contribution in [3.8, 4) is 0 Å². The first-order valence-electron chi connectivity index (χ1n) is 2.95. The van der Waals surface area contributed by atoms with Gasteiger partial charge in [-0.3, -0.25) is 0 Å². The first-order chi connectivity index (χ1) is 4.59. The van der Waals surface area contributed by atoms with Gasteiger partial charge in [0.05, 0.1) is 6.61 Å². The van der Waals surface area contributed by atoms with Crippen molar-refractivity contribution in [2.45, 2.75) is 13.1 Å². The fourth-order valence-electron chi connectivity index (χ4n) is 0.591. The quantitative estimate of drug-likeness (QED) is 0.641. The molecule has 0 radical (unpaired) electrons. The van der Waals surface area contributed by atoms with Gasteiger partial charge in [0.2, 0.25) is 6.17 Å². The third-order valence-electron chi connectivity index (χ3n) is 1.17. The Morgan fingerprint density at radius 2 is 2.30 bits per heavy atom. The number of rotatable bonds is 4. The highest BCUT2D eigenvalue weighted by Gasteiger charge is 2.23. The monoisotopic (exact) mass is 150 g/mol. The Kier molecular flexibility index (Phi) is 3.95. The number of alkyl halides is 1. The summed E-state index contributed by atoms with van der Waals surface area (Å²) in [6.07, 6.45) is -1.82. The SMILES string of the molecule is COCC(C)C(F)C(=O)O. The zero-order chi connectivity index (χ0) is 8.15. The summed E-state index contributed by atoms with van der Waals surface area (Å²) in [4.78, 5) is 9.99. The predicted octanol–water partition coefficient (Wildman–Crippen LogP) is 0.692. The van der Waals surface area contributed by atoms with Gasteiger partial charge in [0.25, 0.3) is 0 Å². The summed E-state index contributed by atoms with van der Waals surface area (Å²) in [5.74, 6) is -2.01. The Balaban J connectivity index is 3.69. The summed E-state index contributed by atoms with van der Waals surface area (Å²) < 4.78 is 17.0. The summed E-state index contributed by atoms with van der Waals surface area (Å²) in [5.41, 5.74) is 0. The van der Waals surface area contributed by atoms with Gasteiger partial charge in [-0.2, -0.15) is 0 Å². The van der Waals surface area contributed by atoms with Gasteiger partial charge in [0, 0.05) is 13.0 Å². The molecular formula is C6H11FO3. The van der Waals surface area contributed by atoms with Gasteiger partial charge < -0.3 is 9.84 Å². The first-order valence-corrected chi connectivity index (χ1v) is 2.95. The summed E-state index contributed by atoms with van der Waals surface area (Å²) in [6, 6.07) is 0. The van der Waals surface area contributed by atoms with E-state index in [0.29, 0.717) is 0 Å². The van der Waals surface area contributed by atoms with Gasteiger partial charge in [-0.25, -0.2) is 9.18 Å². The smallest absolute Gasteiger partial charge is 0.338 e. The molecule has 0 aliphatic heterocycles. The van der Waals surface area contributed by atoms with E-state index in [9.17, 15) is 9.18 Å². The van der Waals surface area contributed by atoms with Crippen molar-refractivity contribution in [2.75, 3.05) is 13.7 Å². The van der Waals surface area contributed by atoms with E-state index < -0.39 is 18.1 Å². The van der Waals surface area contributed by atoms with Crippen LogP contribution in [0, 0.1) is 5.92 Å². The van der Waals surface area contributed by atoms with Crippen molar-refractivity contribution < 1.29 is 19.0 Å². The Labute approximate surface area is 58.8 Å². The molecule has 0 spiro atoms. The van der Waals surface area contributed by atoms with Crippen molar-refractivity contribution in [2.24, 2.45) is 5.92 Å². The number of hydrogen-bond acceptors (Lipinski definition) is 2. The molecule has 0 fully saturated rings. The van der Waals surface area contributed by atoms with Crippen LogP contribution in [0.1, 0.15) is 6.92 Å². The average molecular weight is 150 g/mol. The maximum Gasteiger partial charge on any atom is 0.338 e. The predicted molar refractivity (Wildman–Crippen MR) is 33.6 cm³/mol. The molecule has 0 aliphatic rings. The number of carboxylic acid groups (broad SMARTS) is 1. The average Bonchev–Trinajstić information content (AvgIpc) is 1.87. The van der Waals surface area contributed by atoms with E-state index >= 15 is 0 Å². The topological polar surface area (TPSA) is 46.5 Å². The van der Waals surface area contributed by atoms with E-state index in [2.05, 4.69) is 4.74 Å². The number of carboxylic acids is 1. The Bertz CT molecular complexity index is 116. The van der Waals surface area contributed by atoms with E-state index in [0.717, 1.165) is 0 Å². The van der Waals surface area contributed by atoms with E-state index in [1.165, 1.54) is 14.0 Å². The maximum atomic E-state index is 12.4. The largest absolute Gasteiger partial charge is 0.479 e. The lowest BCUT2D eigenvalue weighted by atomic mass is 10.1. The Hall–Kier alpha value is -0.640. The lowest BCUT2D eigenvalue weighted by Crippen LogP contribution is -2.25. The molecule has 0 aliphatic carbocycles. The van der Waals surface area contributed by atoms with Crippen molar-refractivity contribution in [3.63, 3.8) is 0 Å². The molecular weight excluding hydrogens is 139 g/mol. The summed E-state index contributed by atoms with van der Waals surface area (Å²) in [7, 11) is 1.41. The molecule has 0 bridgehead atoms. The van der Waals surface area contributed by atoms with Crippen LogP contribution >= 0.6 is 0 Å². The highest BCUT2D eigenvalue weighted by molar-refractivity contribution is 5.72. The molecule has 1 N–H and O–H groups in total. The van der Waals surface area contributed by atoms with Crippen molar-refractivity contribution in [3.05, 3.63) is 0 Å². The molecule has 0 rings (SSSR count). The summed E-state index contributed by atoms with van der Waals surface area (Å²) in [6.45, 7) is 1.62. The Morgan fingerprint density at radius 3 is 2.60 bits per heavy atom. The van der Waals surface area contributed by atoms with Crippen LogP contribution in [0.15, 0.2) is 0 Å². The third kappa shape index (κ3) is 2.77. The Morgan fingerprint density at radius 1 is 1.80 bits per heavy atom. The summed E-state index contributed by atoms with van der Waals surface area (Å²) >= 11 is 0. The van der Waals surface area contributed by atoms with Crippen LogP contribution in [-0.4, -0.2) is 31.0 Å². The van der Waals surface area contributed by atoms with Crippen LogP contribution in [0.4, 0.5) is 4.39 Å². The van der Waals surface area contributed by atoms with Crippen LogP contribution in [0.25, 0.3) is 0 Å². The van der Waals surface area contributed by atoms with Crippen molar-refractivity contribution in [1.29, 1.82) is 0 Å².